The minimum Gasteiger partial charge on any atom is -0.251 e. The minimum absolute atomic E-state index is 0.280. The zero-order valence-electron chi connectivity index (χ0n) is 80.2. The van der Waals surface area contributed by atoms with Gasteiger partial charge in [-0.1, -0.05) is 392 Å². The van der Waals surface area contributed by atoms with E-state index in [4.69, 9.17) is 54.8 Å². The molecule has 0 unspecified atom stereocenters. The van der Waals surface area contributed by atoms with Gasteiger partial charge in [-0.25, -0.2) is 24.9 Å². The Labute approximate surface area is 827 Å². The van der Waals surface area contributed by atoms with Crippen LogP contribution in [0.3, 0.4) is 0 Å². The monoisotopic (exact) mass is 1830 g/mol. The molecule has 678 valence electrons. The number of pyridine rings is 7. The molecule has 0 aliphatic rings. The van der Waals surface area contributed by atoms with Crippen LogP contribution in [-0.2, 0) is 0 Å². The molecule has 24 rings (SSSR count). The third kappa shape index (κ3) is 18.9. The summed E-state index contributed by atoms with van der Waals surface area (Å²) in [6, 6.07) is 155. The second kappa shape index (κ2) is 39.3. The van der Waals surface area contributed by atoms with Gasteiger partial charge >= 0.3 is 0 Å². The number of rotatable bonds is 17. The Balaban J connectivity index is 0.000000122. The molecule has 11 heteroatoms. The van der Waals surface area contributed by atoms with Crippen LogP contribution < -0.4 is 0 Å². The standard InChI is InChI=1S/C46H38N4.C43H31N3.C42H30N4/c1-29(2)40-25-23-34-22-24-38-39(27-41(30(3)4)48-45(38)44(34)47-40)37-17-11-16-36(26-37)31-18-20-35(21-19-31)46-49-42(32-12-7-5-8-13-32)28-43(50-46)33-14-9-6-10-15-33;1-28-16-17-34-22-23-38-39(24-29(2)45-43(38)42(34)44-28)36-15-9-14-35(25-36)31-18-20-33(21-19-31)41-27-37(30-10-5-3-6-11-30)26-40(46-41)32-12-7-4-8-13-32;1-27-16-17-32-22-23-36-37(24-28(2)44-41(36)40(32)43-27)35-15-9-14-34(25-35)29-18-20-31(21-19-29)39-26-38(30-10-5-3-6-11-30)45-42(46-39)33-12-7-4-8-13-33/h5-30H,1-4H3;3-27H,1-2H3;3-26H,1-2H3. The topological polar surface area (TPSA) is 142 Å². The Morgan fingerprint density at radius 1 is 0.148 bits per heavy atom. The summed E-state index contributed by atoms with van der Waals surface area (Å²) in [5, 5.41) is 6.66. The number of aromatic nitrogens is 11. The van der Waals surface area contributed by atoms with E-state index in [2.05, 4.69) is 406 Å². The van der Waals surface area contributed by atoms with Crippen LogP contribution in [-0.4, -0.2) is 54.8 Å². The molecule has 11 nitrogen and oxygen atoms in total. The first-order valence-electron chi connectivity index (χ1n) is 48.5. The van der Waals surface area contributed by atoms with Crippen molar-refractivity contribution in [2.24, 2.45) is 0 Å². The van der Waals surface area contributed by atoms with E-state index in [1.807, 2.05) is 92.7 Å². The summed E-state index contributed by atoms with van der Waals surface area (Å²) in [6.45, 7) is 17.0. The molecule has 0 bridgehead atoms. The van der Waals surface area contributed by atoms with E-state index in [9.17, 15) is 0 Å². The highest BCUT2D eigenvalue weighted by Crippen LogP contribution is 2.43. The molecule has 0 N–H and O–H groups in total. The number of hydrogen-bond acceptors (Lipinski definition) is 11. The van der Waals surface area contributed by atoms with Crippen LogP contribution >= 0.6 is 0 Å². The number of benzene rings is 15. The summed E-state index contributed by atoms with van der Waals surface area (Å²) >= 11 is 0. The summed E-state index contributed by atoms with van der Waals surface area (Å²) in [4.78, 5) is 54.9. The van der Waals surface area contributed by atoms with Crippen LogP contribution in [0.25, 0.3) is 234 Å². The van der Waals surface area contributed by atoms with Crippen LogP contribution in [0.15, 0.2) is 443 Å². The lowest BCUT2D eigenvalue weighted by Gasteiger charge is -2.15. The average Bonchev–Trinajstić information content (AvgIpc) is 0.760. The molecule has 0 aliphatic heterocycles. The van der Waals surface area contributed by atoms with Gasteiger partial charge in [0.2, 0.25) is 0 Å². The van der Waals surface area contributed by atoms with Crippen molar-refractivity contribution in [3.8, 4) is 168 Å². The van der Waals surface area contributed by atoms with E-state index in [0.29, 0.717) is 17.6 Å². The second-order valence-corrected chi connectivity index (χ2v) is 37.0. The maximum Gasteiger partial charge on any atom is 0.160 e. The van der Waals surface area contributed by atoms with Crippen molar-refractivity contribution in [1.29, 1.82) is 0 Å². The molecule has 0 saturated heterocycles. The maximum atomic E-state index is 5.19. The lowest BCUT2D eigenvalue weighted by Crippen LogP contribution is -1.99. The van der Waals surface area contributed by atoms with Crippen molar-refractivity contribution in [3.63, 3.8) is 0 Å². The molecule has 0 fully saturated rings. The van der Waals surface area contributed by atoms with Crippen molar-refractivity contribution in [2.45, 2.75) is 67.2 Å². The maximum absolute atomic E-state index is 5.19. The van der Waals surface area contributed by atoms with Gasteiger partial charge in [0.05, 0.1) is 67.3 Å². The molecular formula is C131H99N11. The van der Waals surface area contributed by atoms with Gasteiger partial charge in [0.25, 0.3) is 0 Å². The highest BCUT2D eigenvalue weighted by molar-refractivity contribution is 6.11. The Morgan fingerprint density at radius 3 is 0.768 bits per heavy atom. The molecule has 24 aromatic rings. The van der Waals surface area contributed by atoms with E-state index < -0.39 is 0 Å². The normalized spacial score (nSPS) is 11.4. The third-order valence-corrected chi connectivity index (χ3v) is 26.4. The van der Waals surface area contributed by atoms with Crippen molar-refractivity contribution in [2.75, 3.05) is 0 Å². The van der Waals surface area contributed by atoms with E-state index in [1.54, 1.807) is 0 Å². The molecule has 9 aromatic heterocycles. The van der Waals surface area contributed by atoms with E-state index >= 15 is 0 Å². The van der Waals surface area contributed by atoms with Gasteiger partial charge in [-0.05, 0) is 196 Å². The molecular weight excluding hydrogens is 1730 g/mol. The molecule has 0 aliphatic carbocycles. The first-order valence-corrected chi connectivity index (χ1v) is 48.5. The zero-order valence-corrected chi connectivity index (χ0v) is 80.2. The molecule has 15 aromatic carbocycles. The van der Waals surface area contributed by atoms with Gasteiger partial charge < -0.3 is 0 Å². The van der Waals surface area contributed by atoms with Gasteiger partial charge in [-0.3, -0.25) is 29.9 Å². The molecule has 142 heavy (non-hydrogen) atoms. The quantitative estimate of drug-likeness (QED) is 0.0804. The summed E-state index contributed by atoms with van der Waals surface area (Å²) in [5.41, 5.74) is 41.9. The SMILES string of the molecule is CC(C)c1ccc2ccc3c(-c4cccc(-c5ccc(-c6nc(-c7ccccc7)cc(-c7ccccc7)n6)cc5)c4)cc(C(C)C)nc3c2n1.Cc1ccc2ccc3c(-c4cccc(-c5ccc(-c6cc(-c7ccccc7)cc(-c7ccccc7)n6)cc5)c4)cc(C)nc3c2n1.Cc1ccc2ccc3c(-c4cccc(-c5ccc(-c6cc(-c7ccccc7)nc(-c7ccccc7)n6)cc5)c4)cc(C)nc3c2n1. The Kier molecular flexibility index (Phi) is 24.7. The lowest BCUT2D eigenvalue weighted by molar-refractivity contribution is 0.826. The van der Waals surface area contributed by atoms with Crippen LogP contribution in [0.5, 0.6) is 0 Å². The molecule has 9 heterocycles. The fraction of sp³-hybridized carbons (Fsp3) is 0.0763. The van der Waals surface area contributed by atoms with E-state index in [-0.39, 0.29) is 5.92 Å². The van der Waals surface area contributed by atoms with Crippen LogP contribution in [0.2, 0.25) is 0 Å². The smallest absolute Gasteiger partial charge is 0.160 e. The summed E-state index contributed by atoms with van der Waals surface area (Å²) in [5.74, 6) is 2.04. The highest BCUT2D eigenvalue weighted by atomic mass is 14.9. The van der Waals surface area contributed by atoms with E-state index in [0.717, 1.165) is 239 Å². The number of fused-ring (bicyclic) bond motifs is 9. The largest absolute Gasteiger partial charge is 0.251 e. The first-order chi connectivity index (χ1) is 69.6. The highest BCUT2D eigenvalue weighted by Gasteiger charge is 2.22. The Bertz CT molecular complexity index is 8320. The fourth-order valence-corrected chi connectivity index (χ4v) is 18.9. The van der Waals surface area contributed by atoms with Gasteiger partial charge in [0, 0.05) is 111 Å². The number of nitrogens with zero attached hydrogens (tertiary/aromatic N) is 11. The van der Waals surface area contributed by atoms with Gasteiger partial charge in [0.1, 0.15) is 0 Å². The van der Waals surface area contributed by atoms with Crippen molar-refractivity contribution < 1.29 is 0 Å². The van der Waals surface area contributed by atoms with Crippen molar-refractivity contribution in [3.05, 3.63) is 477 Å². The summed E-state index contributed by atoms with van der Waals surface area (Å²) in [6.07, 6.45) is 0. The average molecular weight is 1830 g/mol. The molecule has 0 saturated carbocycles. The van der Waals surface area contributed by atoms with Crippen LogP contribution in [0.4, 0.5) is 0 Å². The predicted molar refractivity (Wildman–Crippen MR) is 589 cm³/mol. The first kappa shape index (κ1) is 89.3. The van der Waals surface area contributed by atoms with E-state index in [1.165, 1.54) is 16.7 Å². The Morgan fingerprint density at radius 2 is 0.401 bits per heavy atom. The summed E-state index contributed by atoms with van der Waals surface area (Å²) in [7, 11) is 0. The van der Waals surface area contributed by atoms with Gasteiger partial charge in [-0.2, -0.15) is 0 Å². The van der Waals surface area contributed by atoms with Gasteiger partial charge in [0.15, 0.2) is 11.6 Å². The predicted octanol–water partition coefficient (Wildman–Crippen LogP) is 33.8. The number of aryl methyl sites for hydroxylation is 4. The van der Waals surface area contributed by atoms with Crippen molar-refractivity contribution >= 4 is 65.4 Å². The zero-order chi connectivity index (χ0) is 96.3. The van der Waals surface area contributed by atoms with Crippen molar-refractivity contribution in [1.82, 2.24) is 54.8 Å². The Hall–Kier alpha value is -17.9. The van der Waals surface area contributed by atoms with Crippen LogP contribution in [0.1, 0.15) is 73.7 Å². The molecule has 0 amide bonds. The fourth-order valence-electron chi connectivity index (χ4n) is 18.9. The molecule has 0 spiro atoms. The third-order valence-electron chi connectivity index (χ3n) is 26.4. The number of hydrogen-bond donors (Lipinski definition) is 0. The molecule has 0 atom stereocenters. The second-order valence-electron chi connectivity index (χ2n) is 37.0. The summed E-state index contributed by atoms with van der Waals surface area (Å²) < 4.78 is 0. The molecule has 0 radical (unpaired) electrons. The van der Waals surface area contributed by atoms with Gasteiger partial charge in [-0.15, -0.1) is 0 Å². The lowest BCUT2D eigenvalue weighted by atomic mass is 9.93. The minimum atomic E-state index is 0.280. The van der Waals surface area contributed by atoms with Crippen LogP contribution in [0, 0.1) is 27.7 Å².